The van der Waals surface area contributed by atoms with Crippen molar-refractivity contribution in [3.05, 3.63) is 62.5 Å². The van der Waals surface area contributed by atoms with Gasteiger partial charge < -0.3 is 15.2 Å². The van der Waals surface area contributed by atoms with Crippen LogP contribution in [0.3, 0.4) is 0 Å². The number of amidine groups is 1. The molecule has 8 nitrogen and oxygen atoms in total. The number of nitrogens with zero attached hydrogens (tertiary/aromatic N) is 3. The maximum atomic E-state index is 14.3. The van der Waals surface area contributed by atoms with Gasteiger partial charge >= 0.3 is 11.9 Å². The summed E-state index contributed by atoms with van der Waals surface area (Å²) in [6.07, 6.45) is 2.53. The number of aliphatic carboxylic acids is 1. The second kappa shape index (κ2) is 8.51. The minimum Gasteiger partial charge on any atom is -0.480 e. The number of ether oxygens (including phenoxy) is 1. The molecule has 0 radical (unpaired) electrons. The number of carbonyl (C=O) groups excluding carboxylic acids is 1. The van der Waals surface area contributed by atoms with Gasteiger partial charge in [0, 0.05) is 35.9 Å². The molecule has 5 rings (SSSR count). The molecule has 0 unspecified atom stereocenters. The Morgan fingerprint density at radius 3 is 2.94 bits per heavy atom. The first-order valence-corrected chi connectivity index (χ1v) is 11.6. The Morgan fingerprint density at radius 1 is 1.42 bits per heavy atom. The molecule has 1 aliphatic carbocycles. The van der Waals surface area contributed by atoms with Crippen LogP contribution in [0, 0.1) is 17.7 Å². The van der Waals surface area contributed by atoms with Crippen molar-refractivity contribution in [1.29, 1.82) is 0 Å². The predicted octanol–water partition coefficient (Wildman–Crippen LogP) is 2.86. The highest BCUT2D eigenvalue weighted by atomic mass is 35.5. The lowest BCUT2D eigenvalue weighted by Crippen LogP contribution is -2.45. The number of nitrogens with one attached hydrogen (secondary N) is 1. The van der Waals surface area contributed by atoms with Crippen LogP contribution in [0.4, 0.5) is 4.39 Å². The van der Waals surface area contributed by atoms with Crippen molar-refractivity contribution in [2.75, 3.05) is 20.2 Å². The number of aliphatic imine (C=N–C) groups is 1. The molecular formula is C22H20ClFN4O4S. The SMILES string of the molecule is COC(=O)C1=C(CN2C[C@@H]3C[C@@H]3[C@H]2C(=O)O)NC(c2nccs2)=N[C@H]1c1cccc(F)c1Cl. The van der Waals surface area contributed by atoms with E-state index in [0.717, 1.165) is 6.42 Å². The Morgan fingerprint density at radius 2 is 2.24 bits per heavy atom. The molecule has 4 atom stereocenters. The van der Waals surface area contributed by atoms with Crippen molar-refractivity contribution in [1.82, 2.24) is 15.2 Å². The van der Waals surface area contributed by atoms with E-state index in [1.807, 2.05) is 4.90 Å². The number of carboxylic acids is 1. The zero-order valence-corrected chi connectivity index (χ0v) is 19.1. The third kappa shape index (κ3) is 3.92. The number of thiazole rings is 1. The van der Waals surface area contributed by atoms with Gasteiger partial charge in [0.1, 0.15) is 17.9 Å². The largest absolute Gasteiger partial charge is 0.480 e. The van der Waals surface area contributed by atoms with Gasteiger partial charge in [0.15, 0.2) is 10.8 Å². The number of aromatic nitrogens is 1. The van der Waals surface area contributed by atoms with Crippen molar-refractivity contribution in [3.63, 3.8) is 0 Å². The summed E-state index contributed by atoms with van der Waals surface area (Å²) in [6, 6.07) is 2.77. The molecule has 2 fully saturated rings. The topological polar surface area (TPSA) is 104 Å². The molecule has 2 aromatic rings. The van der Waals surface area contributed by atoms with Crippen LogP contribution in [-0.4, -0.2) is 59.0 Å². The number of piperidine rings is 1. The van der Waals surface area contributed by atoms with Crippen LogP contribution in [0.2, 0.25) is 5.02 Å². The number of esters is 1. The minimum absolute atomic E-state index is 0.119. The first-order chi connectivity index (χ1) is 15.9. The fourth-order valence-electron chi connectivity index (χ4n) is 4.74. The normalized spacial score (nSPS) is 26.5. The summed E-state index contributed by atoms with van der Waals surface area (Å²) in [5, 5.41) is 15.2. The van der Waals surface area contributed by atoms with E-state index in [-0.39, 0.29) is 23.1 Å². The predicted molar refractivity (Wildman–Crippen MR) is 120 cm³/mol. The average molecular weight is 491 g/mol. The van der Waals surface area contributed by atoms with Crippen molar-refractivity contribution in [2.45, 2.75) is 18.5 Å². The highest BCUT2D eigenvalue weighted by Crippen LogP contribution is 2.50. The van der Waals surface area contributed by atoms with E-state index < -0.39 is 29.8 Å². The molecule has 33 heavy (non-hydrogen) atoms. The summed E-state index contributed by atoms with van der Waals surface area (Å²) < 4.78 is 19.4. The number of rotatable bonds is 6. The van der Waals surface area contributed by atoms with Crippen LogP contribution in [0.5, 0.6) is 0 Å². The number of benzene rings is 1. The first-order valence-electron chi connectivity index (χ1n) is 10.4. The van der Waals surface area contributed by atoms with E-state index >= 15 is 0 Å². The van der Waals surface area contributed by atoms with Gasteiger partial charge in [-0.05, 0) is 24.3 Å². The Kier molecular flexibility index (Phi) is 5.67. The molecule has 0 bridgehead atoms. The first kappa shape index (κ1) is 22.0. The van der Waals surface area contributed by atoms with Crippen LogP contribution < -0.4 is 5.32 Å². The number of hydrogen-bond acceptors (Lipinski definition) is 8. The molecule has 1 saturated carbocycles. The number of fused-ring (bicyclic) bond motifs is 1. The monoisotopic (exact) mass is 490 g/mol. The lowest BCUT2D eigenvalue weighted by Gasteiger charge is -2.31. The van der Waals surface area contributed by atoms with E-state index in [2.05, 4.69) is 15.3 Å². The van der Waals surface area contributed by atoms with E-state index in [1.165, 1.54) is 30.6 Å². The Hall–Kier alpha value is -2.82. The van der Waals surface area contributed by atoms with Gasteiger partial charge in [0.05, 0.1) is 17.7 Å². The zero-order chi connectivity index (χ0) is 23.3. The maximum absolute atomic E-state index is 14.3. The zero-order valence-electron chi connectivity index (χ0n) is 17.5. The number of likely N-dealkylation sites (tertiary alicyclic amines) is 1. The van der Waals surface area contributed by atoms with Gasteiger partial charge in [-0.1, -0.05) is 23.7 Å². The molecule has 3 heterocycles. The summed E-state index contributed by atoms with van der Waals surface area (Å²) in [7, 11) is 1.25. The molecule has 11 heteroatoms. The third-order valence-electron chi connectivity index (χ3n) is 6.30. The Labute approximate surface area is 197 Å². The van der Waals surface area contributed by atoms with Crippen molar-refractivity contribution in [2.24, 2.45) is 16.8 Å². The Bertz CT molecular complexity index is 1190. The number of hydrogen-bond donors (Lipinski definition) is 2. The molecule has 1 aromatic carbocycles. The second-order valence-corrected chi connectivity index (χ2v) is 9.51. The molecule has 2 N–H and O–H groups in total. The van der Waals surface area contributed by atoms with Crippen LogP contribution in [-0.2, 0) is 14.3 Å². The van der Waals surface area contributed by atoms with Crippen molar-refractivity contribution >= 4 is 40.7 Å². The molecule has 0 spiro atoms. The lowest BCUT2D eigenvalue weighted by atomic mass is 9.95. The van der Waals surface area contributed by atoms with Gasteiger partial charge in [-0.2, -0.15) is 0 Å². The summed E-state index contributed by atoms with van der Waals surface area (Å²) in [4.78, 5) is 35.7. The summed E-state index contributed by atoms with van der Waals surface area (Å²) in [5.41, 5.74) is 0.916. The minimum atomic E-state index is -0.948. The fourth-order valence-corrected chi connectivity index (χ4v) is 5.55. The van der Waals surface area contributed by atoms with Crippen molar-refractivity contribution in [3.8, 4) is 0 Å². The van der Waals surface area contributed by atoms with Gasteiger partial charge in [-0.25, -0.2) is 14.2 Å². The number of halogens is 2. The second-order valence-electron chi connectivity index (χ2n) is 8.24. The van der Waals surface area contributed by atoms with Crippen LogP contribution >= 0.6 is 22.9 Å². The molecule has 2 aliphatic heterocycles. The summed E-state index contributed by atoms with van der Waals surface area (Å²) in [5.74, 6) is -1.30. The number of carboxylic acid groups (broad SMARTS) is 1. The summed E-state index contributed by atoms with van der Waals surface area (Å²) >= 11 is 7.63. The molecule has 172 valence electrons. The fraction of sp³-hybridized carbons (Fsp3) is 0.364. The van der Waals surface area contributed by atoms with Gasteiger partial charge in [0.25, 0.3) is 0 Å². The maximum Gasteiger partial charge on any atom is 0.338 e. The van der Waals surface area contributed by atoms with Crippen molar-refractivity contribution < 1.29 is 23.8 Å². The smallest absolute Gasteiger partial charge is 0.338 e. The lowest BCUT2D eigenvalue weighted by molar-refractivity contribution is -0.142. The van der Waals surface area contributed by atoms with Crippen LogP contribution in [0.25, 0.3) is 0 Å². The number of carbonyl (C=O) groups is 2. The van der Waals surface area contributed by atoms with Gasteiger partial charge in [0.2, 0.25) is 0 Å². The highest BCUT2D eigenvalue weighted by Gasteiger charge is 2.55. The van der Waals surface area contributed by atoms with E-state index in [4.69, 9.17) is 16.3 Å². The molecule has 0 amide bonds. The standard InChI is InChI=1S/C22H20ClFN4O4S/c1-32-22(31)15-14(9-28-8-10-7-12(10)18(28)21(29)30)26-19(20-25-5-6-33-20)27-17(15)11-3-2-4-13(24)16(11)23/h2-6,10,12,17-18H,7-9H2,1H3,(H,26,27)(H,29,30)/t10-,12-,17-,18-/m0/s1. The van der Waals surface area contributed by atoms with Crippen LogP contribution in [0.1, 0.15) is 23.0 Å². The van der Waals surface area contributed by atoms with Gasteiger partial charge in [-0.15, -0.1) is 11.3 Å². The molecular weight excluding hydrogens is 471 g/mol. The molecule has 1 aromatic heterocycles. The third-order valence-corrected chi connectivity index (χ3v) is 7.48. The van der Waals surface area contributed by atoms with E-state index in [9.17, 15) is 19.1 Å². The average Bonchev–Trinajstić information content (AvgIpc) is 3.19. The summed E-state index contributed by atoms with van der Waals surface area (Å²) in [6.45, 7) is 0.790. The van der Waals surface area contributed by atoms with Crippen LogP contribution in [0.15, 0.2) is 46.0 Å². The quantitative estimate of drug-likeness (QED) is 0.600. The molecule has 3 aliphatic rings. The number of methoxy groups -OCH3 is 1. The van der Waals surface area contributed by atoms with Gasteiger partial charge in [-0.3, -0.25) is 14.7 Å². The van der Waals surface area contributed by atoms with E-state index in [0.29, 0.717) is 34.6 Å². The van der Waals surface area contributed by atoms with E-state index in [1.54, 1.807) is 17.6 Å². The molecule has 1 saturated heterocycles. The Balaban J connectivity index is 1.61. The highest BCUT2D eigenvalue weighted by molar-refractivity contribution is 7.11.